The summed E-state index contributed by atoms with van der Waals surface area (Å²) in [5.74, 6) is 0. The molecule has 1 N–H and O–H groups in total. The van der Waals surface area contributed by atoms with Crippen molar-refractivity contribution >= 4 is 37.9 Å². The van der Waals surface area contributed by atoms with Crippen LogP contribution in [0.2, 0.25) is 0 Å². The van der Waals surface area contributed by atoms with Crippen LogP contribution in [0, 0.1) is 0 Å². The number of nitrogens with zero attached hydrogens (tertiary/aromatic N) is 3. The van der Waals surface area contributed by atoms with Crippen LogP contribution in [0.4, 0.5) is 0 Å². The lowest BCUT2D eigenvalue weighted by molar-refractivity contribution is 0.729. The number of hydrogen-bond donors (Lipinski definition) is 1. The van der Waals surface area contributed by atoms with Gasteiger partial charge in [0.05, 0.1) is 18.6 Å². The molecule has 4 aromatic rings. The van der Waals surface area contributed by atoms with Crippen molar-refractivity contribution < 1.29 is 0 Å². The molecule has 0 aliphatic heterocycles. The SMILES string of the molecule is O=c1c2[nH]c3ccc(Br)cc3c2ncn1Cc1ccccn1. The van der Waals surface area contributed by atoms with E-state index in [4.69, 9.17) is 0 Å². The Balaban J connectivity index is 1.90. The fourth-order valence-electron chi connectivity index (χ4n) is 2.54. The zero-order valence-corrected chi connectivity index (χ0v) is 13.0. The smallest absolute Gasteiger partial charge is 0.278 e. The normalized spacial score (nSPS) is 11.3. The molecule has 0 aliphatic rings. The Labute approximate surface area is 133 Å². The van der Waals surface area contributed by atoms with E-state index < -0.39 is 0 Å². The number of nitrogens with one attached hydrogen (secondary N) is 1. The molecule has 4 rings (SSSR count). The molecule has 0 fully saturated rings. The zero-order chi connectivity index (χ0) is 15.1. The molecular formula is C16H11BrN4O. The lowest BCUT2D eigenvalue weighted by atomic mass is 10.2. The van der Waals surface area contributed by atoms with Crippen molar-refractivity contribution in [1.82, 2.24) is 19.5 Å². The van der Waals surface area contributed by atoms with E-state index in [0.29, 0.717) is 17.6 Å². The van der Waals surface area contributed by atoms with Gasteiger partial charge in [-0.25, -0.2) is 4.98 Å². The van der Waals surface area contributed by atoms with Gasteiger partial charge in [-0.2, -0.15) is 0 Å². The number of fused-ring (bicyclic) bond motifs is 3. The highest BCUT2D eigenvalue weighted by Gasteiger charge is 2.11. The van der Waals surface area contributed by atoms with Crippen LogP contribution in [-0.2, 0) is 6.54 Å². The summed E-state index contributed by atoms with van der Waals surface area (Å²) in [6.45, 7) is 0.404. The van der Waals surface area contributed by atoms with E-state index in [1.807, 2.05) is 36.4 Å². The summed E-state index contributed by atoms with van der Waals surface area (Å²) in [6, 6.07) is 11.5. The monoisotopic (exact) mass is 354 g/mol. The number of aromatic amines is 1. The number of hydrogen-bond acceptors (Lipinski definition) is 3. The van der Waals surface area contributed by atoms with Crippen molar-refractivity contribution in [3.05, 3.63) is 69.4 Å². The van der Waals surface area contributed by atoms with Gasteiger partial charge >= 0.3 is 0 Å². The Kier molecular flexibility index (Phi) is 3.04. The van der Waals surface area contributed by atoms with Gasteiger partial charge in [0.15, 0.2) is 0 Å². The largest absolute Gasteiger partial charge is 0.349 e. The van der Waals surface area contributed by atoms with Crippen LogP contribution >= 0.6 is 15.9 Å². The van der Waals surface area contributed by atoms with E-state index in [0.717, 1.165) is 21.1 Å². The van der Waals surface area contributed by atoms with Crippen LogP contribution in [0.5, 0.6) is 0 Å². The fraction of sp³-hybridized carbons (Fsp3) is 0.0625. The first-order valence-corrected chi connectivity index (χ1v) is 7.58. The number of H-pyrrole nitrogens is 1. The molecule has 5 nitrogen and oxygen atoms in total. The van der Waals surface area contributed by atoms with E-state index in [9.17, 15) is 4.79 Å². The molecular weight excluding hydrogens is 344 g/mol. The summed E-state index contributed by atoms with van der Waals surface area (Å²) >= 11 is 3.45. The number of rotatable bonds is 2. The third kappa shape index (κ3) is 2.12. The molecule has 22 heavy (non-hydrogen) atoms. The summed E-state index contributed by atoms with van der Waals surface area (Å²) in [5, 5.41) is 0.937. The molecule has 0 spiro atoms. The summed E-state index contributed by atoms with van der Waals surface area (Å²) in [5.41, 5.74) is 2.84. The third-order valence-electron chi connectivity index (χ3n) is 3.59. The van der Waals surface area contributed by atoms with E-state index >= 15 is 0 Å². The fourth-order valence-corrected chi connectivity index (χ4v) is 2.90. The van der Waals surface area contributed by atoms with Gasteiger partial charge in [-0.1, -0.05) is 22.0 Å². The van der Waals surface area contributed by atoms with Gasteiger partial charge in [0.25, 0.3) is 5.56 Å². The molecule has 0 unspecified atom stereocenters. The molecule has 0 bridgehead atoms. The first kappa shape index (κ1) is 13.2. The Morgan fingerprint density at radius 2 is 2.09 bits per heavy atom. The van der Waals surface area contributed by atoms with E-state index in [1.165, 1.54) is 0 Å². The molecule has 108 valence electrons. The lowest BCUT2D eigenvalue weighted by Crippen LogP contribution is -2.21. The predicted molar refractivity (Wildman–Crippen MR) is 88.9 cm³/mol. The molecule has 0 amide bonds. The highest BCUT2D eigenvalue weighted by molar-refractivity contribution is 9.10. The Morgan fingerprint density at radius 3 is 2.91 bits per heavy atom. The minimum Gasteiger partial charge on any atom is -0.349 e. The van der Waals surface area contributed by atoms with Crippen LogP contribution in [0.1, 0.15) is 5.69 Å². The van der Waals surface area contributed by atoms with E-state index in [2.05, 4.69) is 30.9 Å². The maximum atomic E-state index is 12.6. The predicted octanol–water partition coefficient (Wildman–Crippen LogP) is 3.08. The number of pyridine rings is 1. The number of benzene rings is 1. The van der Waals surface area contributed by atoms with Crippen molar-refractivity contribution in [3.8, 4) is 0 Å². The van der Waals surface area contributed by atoms with Crippen molar-refractivity contribution in [2.24, 2.45) is 0 Å². The molecule has 0 saturated heterocycles. The highest BCUT2D eigenvalue weighted by atomic mass is 79.9. The second kappa shape index (κ2) is 5.06. The Morgan fingerprint density at radius 1 is 1.18 bits per heavy atom. The van der Waals surface area contributed by atoms with Gasteiger partial charge in [0, 0.05) is 21.6 Å². The third-order valence-corrected chi connectivity index (χ3v) is 4.09. The minimum absolute atomic E-state index is 0.0945. The second-order valence-electron chi connectivity index (χ2n) is 5.04. The van der Waals surface area contributed by atoms with Crippen LogP contribution < -0.4 is 5.56 Å². The van der Waals surface area contributed by atoms with E-state index in [-0.39, 0.29) is 5.56 Å². The van der Waals surface area contributed by atoms with Crippen LogP contribution in [-0.4, -0.2) is 19.5 Å². The van der Waals surface area contributed by atoms with Gasteiger partial charge in [0.1, 0.15) is 11.0 Å². The molecule has 1 aromatic carbocycles. The summed E-state index contributed by atoms with van der Waals surface area (Å²) in [4.78, 5) is 24.5. The van der Waals surface area contributed by atoms with E-state index in [1.54, 1.807) is 17.1 Å². The molecule has 0 saturated carbocycles. The van der Waals surface area contributed by atoms with Crippen molar-refractivity contribution in [1.29, 1.82) is 0 Å². The van der Waals surface area contributed by atoms with Gasteiger partial charge in [0.2, 0.25) is 0 Å². The van der Waals surface area contributed by atoms with Gasteiger partial charge in [-0.05, 0) is 30.3 Å². The topological polar surface area (TPSA) is 63.6 Å². The maximum absolute atomic E-state index is 12.6. The lowest BCUT2D eigenvalue weighted by Gasteiger charge is -2.04. The average molecular weight is 355 g/mol. The van der Waals surface area contributed by atoms with Crippen molar-refractivity contribution in [2.45, 2.75) is 6.54 Å². The molecule has 0 atom stereocenters. The molecule has 0 radical (unpaired) electrons. The van der Waals surface area contributed by atoms with Crippen LogP contribution in [0.15, 0.2) is 58.2 Å². The quantitative estimate of drug-likeness (QED) is 0.601. The highest BCUT2D eigenvalue weighted by Crippen LogP contribution is 2.24. The van der Waals surface area contributed by atoms with Crippen molar-refractivity contribution in [3.63, 3.8) is 0 Å². The Hall–Kier alpha value is -2.47. The van der Waals surface area contributed by atoms with Crippen LogP contribution in [0.3, 0.4) is 0 Å². The number of halogens is 1. The second-order valence-corrected chi connectivity index (χ2v) is 5.95. The summed E-state index contributed by atoms with van der Waals surface area (Å²) in [6.07, 6.45) is 3.29. The Bertz CT molecular complexity index is 1040. The zero-order valence-electron chi connectivity index (χ0n) is 11.5. The van der Waals surface area contributed by atoms with Crippen LogP contribution in [0.25, 0.3) is 21.9 Å². The number of aromatic nitrogens is 4. The molecule has 0 aliphatic carbocycles. The van der Waals surface area contributed by atoms with Gasteiger partial charge < -0.3 is 4.98 Å². The first-order valence-electron chi connectivity index (χ1n) is 6.79. The standard InChI is InChI=1S/C16H11BrN4O/c17-10-4-5-13-12(7-10)14-15(20-13)16(22)21(9-19-14)8-11-3-1-2-6-18-11/h1-7,9,20H,8H2. The molecule has 3 heterocycles. The van der Waals surface area contributed by atoms with Crippen molar-refractivity contribution in [2.75, 3.05) is 0 Å². The summed E-state index contributed by atoms with van der Waals surface area (Å²) in [7, 11) is 0. The van der Waals surface area contributed by atoms with Gasteiger partial charge in [-0.3, -0.25) is 14.3 Å². The first-order chi connectivity index (χ1) is 10.7. The molecule has 3 aromatic heterocycles. The maximum Gasteiger partial charge on any atom is 0.278 e. The summed E-state index contributed by atoms with van der Waals surface area (Å²) < 4.78 is 2.52. The molecule has 6 heteroatoms. The minimum atomic E-state index is -0.0945. The van der Waals surface area contributed by atoms with Gasteiger partial charge in [-0.15, -0.1) is 0 Å². The average Bonchev–Trinajstić information content (AvgIpc) is 2.90.